The summed E-state index contributed by atoms with van der Waals surface area (Å²) in [5.74, 6) is -0.0711. The van der Waals surface area contributed by atoms with E-state index < -0.39 is 17.0 Å². The maximum atomic E-state index is 12.9. The Morgan fingerprint density at radius 1 is 1.16 bits per heavy atom. The lowest BCUT2D eigenvalue weighted by atomic mass is 10.2. The van der Waals surface area contributed by atoms with E-state index in [1.54, 1.807) is 12.1 Å². The van der Waals surface area contributed by atoms with E-state index in [1.807, 2.05) is 16.7 Å². The normalized spacial score (nSPS) is 13.7. The second kappa shape index (κ2) is 8.83. The lowest BCUT2D eigenvalue weighted by molar-refractivity contribution is 0.102. The molecule has 0 saturated carbocycles. The SMILES string of the molecule is Cn1c(N)c(C(=O)CSc2nnc(N3CCCC3)n2-c2cccc(Cl)c2)c(=O)n(C)c1=O. The Bertz CT molecular complexity index is 1310. The number of nitrogen functional groups attached to an aromatic ring is 1. The van der Waals surface area contributed by atoms with Gasteiger partial charge in [-0.15, -0.1) is 10.2 Å². The molecule has 2 aromatic heterocycles. The number of anilines is 2. The first-order valence-electron chi connectivity index (χ1n) is 9.97. The predicted octanol–water partition coefficient (Wildman–Crippen LogP) is 1.48. The van der Waals surface area contributed by atoms with Crippen molar-refractivity contribution in [3.8, 4) is 5.69 Å². The van der Waals surface area contributed by atoms with Gasteiger partial charge in [-0.2, -0.15) is 0 Å². The molecule has 3 heterocycles. The molecule has 0 spiro atoms. The van der Waals surface area contributed by atoms with Gasteiger partial charge in [0, 0.05) is 32.2 Å². The molecule has 12 heteroatoms. The molecule has 1 aromatic carbocycles. The molecule has 0 atom stereocenters. The fraction of sp³-hybridized carbons (Fsp3) is 0.350. The fourth-order valence-corrected chi connectivity index (χ4v) is 4.65. The van der Waals surface area contributed by atoms with Crippen molar-refractivity contribution in [2.45, 2.75) is 18.0 Å². The Labute approximate surface area is 192 Å². The van der Waals surface area contributed by atoms with Gasteiger partial charge in [0.1, 0.15) is 11.4 Å². The number of Topliss-reactive ketones (excluding diaryl/α,β-unsaturated/α-hetero) is 1. The molecule has 168 valence electrons. The zero-order valence-electron chi connectivity index (χ0n) is 17.6. The minimum atomic E-state index is -0.717. The molecule has 10 nitrogen and oxygen atoms in total. The van der Waals surface area contributed by atoms with Crippen LogP contribution in [0.4, 0.5) is 11.8 Å². The molecule has 0 radical (unpaired) electrons. The molecular weight excluding hydrogens is 454 g/mol. The van der Waals surface area contributed by atoms with Gasteiger partial charge >= 0.3 is 5.69 Å². The predicted molar refractivity (Wildman–Crippen MR) is 124 cm³/mol. The van der Waals surface area contributed by atoms with Crippen LogP contribution in [0.25, 0.3) is 5.69 Å². The van der Waals surface area contributed by atoms with Gasteiger partial charge in [-0.05, 0) is 31.0 Å². The third kappa shape index (κ3) is 3.93. The molecule has 0 amide bonds. The number of thioether (sulfide) groups is 1. The minimum absolute atomic E-state index is 0.101. The molecule has 0 aliphatic carbocycles. The van der Waals surface area contributed by atoms with Crippen LogP contribution in [-0.2, 0) is 14.1 Å². The average Bonchev–Trinajstić information content (AvgIpc) is 3.44. The molecular formula is C20H22ClN7O3S. The summed E-state index contributed by atoms with van der Waals surface area (Å²) >= 11 is 7.35. The van der Waals surface area contributed by atoms with Crippen LogP contribution in [0.15, 0.2) is 39.0 Å². The summed E-state index contributed by atoms with van der Waals surface area (Å²) in [4.78, 5) is 39.6. The summed E-state index contributed by atoms with van der Waals surface area (Å²) in [6.45, 7) is 1.74. The number of benzene rings is 1. The van der Waals surface area contributed by atoms with Crippen LogP contribution in [0, 0.1) is 0 Å². The Balaban J connectivity index is 1.68. The van der Waals surface area contributed by atoms with Crippen LogP contribution in [0.1, 0.15) is 23.2 Å². The number of carbonyl (C=O) groups excluding carboxylic acids is 1. The van der Waals surface area contributed by atoms with Crippen LogP contribution in [0.5, 0.6) is 0 Å². The van der Waals surface area contributed by atoms with Crippen molar-refractivity contribution in [1.29, 1.82) is 0 Å². The van der Waals surface area contributed by atoms with Gasteiger partial charge in [0.2, 0.25) is 5.95 Å². The lowest BCUT2D eigenvalue weighted by Gasteiger charge is -2.18. The van der Waals surface area contributed by atoms with Crippen LogP contribution in [0.3, 0.4) is 0 Å². The van der Waals surface area contributed by atoms with Gasteiger partial charge in [-0.1, -0.05) is 29.4 Å². The lowest BCUT2D eigenvalue weighted by Crippen LogP contribution is -2.41. The first-order chi connectivity index (χ1) is 15.3. The largest absolute Gasteiger partial charge is 0.384 e. The minimum Gasteiger partial charge on any atom is -0.384 e. The number of hydrogen-bond acceptors (Lipinski definition) is 8. The molecule has 0 unspecified atom stereocenters. The number of aromatic nitrogens is 5. The topological polar surface area (TPSA) is 121 Å². The van der Waals surface area contributed by atoms with Crippen LogP contribution < -0.4 is 21.9 Å². The molecule has 4 rings (SSSR count). The van der Waals surface area contributed by atoms with Crippen molar-refractivity contribution in [3.63, 3.8) is 0 Å². The standard InChI is InChI=1S/C20H22ClN7O3S/c1-25-16(22)15(17(30)26(2)20(25)31)14(29)11-32-19-24-23-18(27-8-3-4-9-27)28(19)13-7-5-6-12(21)10-13/h5-7,10H,3-4,8-9,11,22H2,1-2H3. The van der Waals surface area contributed by atoms with Crippen molar-refractivity contribution in [3.05, 3.63) is 55.7 Å². The van der Waals surface area contributed by atoms with Gasteiger partial charge in [-0.25, -0.2) is 4.79 Å². The zero-order valence-corrected chi connectivity index (χ0v) is 19.2. The Morgan fingerprint density at radius 2 is 1.88 bits per heavy atom. The Morgan fingerprint density at radius 3 is 2.56 bits per heavy atom. The highest BCUT2D eigenvalue weighted by atomic mass is 35.5. The van der Waals surface area contributed by atoms with E-state index in [9.17, 15) is 14.4 Å². The maximum absolute atomic E-state index is 12.9. The highest BCUT2D eigenvalue weighted by molar-refractivity contribution is 7.99. The van der Waals surface area contributed by atoms with E-state index in [2.05, 4.69) is 15.1 Å². The Kier molecular flexibility index (Phi) is 6.11. The number of ketones is 1. The van der Waals surface area contributed by atoms with Gasteiger partial charge in [0.15, 0.2) is 10.9 Å². The van der Waals surface area contributed by atoms with Gasteiger partial charge in [-0.3, -0.25) is 23.3 Å². The van der Waals surface area contributed by atoms with Crippen molar-refractivity contribution >= 4 is 40.9 Å². The number of hydrogen-bond donors (Lipinski definition) is 1. The Hall–Kier alpha value is -3.05. The summed E-state index contributed by atoms with van der Waals surface area (Å²) in [6.07, 6.45) is 2.14. The summed E-state index contributed by atoms with van der Waals surface area (Å²) in [6, 6.07) is 7.30. The first kappa shape index (κ1) is 22.2. The van der Waals surface area contributed by atoms with E-state index in [4.69, 9.17) is 17.3 Å². The quantitative estimate of drug-likeness (QED) is 0.420. The monoisotopic (exact) mass is 475 g/mol. The van der Waals surface area contributed by atoms with Crippen molar-refractivity contribution in [2.75, 3.05) is 29.5 Å². The molecule has 3 aromatic rings. The van der Waals surface area contributed by atoms with Crippen molar-refractivity contribution < 1.29 is 4.79 Å². The zero-order chi connectivity index (χ0) is 23.0. The van der Waals surface area contributed by atoms with Crippen molar-refractivity contribution in [2.24, 2.45) is 14.1 Å². The third-order valence-electron chi connectivity index (χ3n) is 5.39. The molecule has 0 bridgehead atoms. The van der Waals surface area contributed by atoms with E-state index in [1.165, 1.54) is 14.1 Å². The number of halogens is 1. The van der Waals surface area contributed by atoms with Gasteiger partial charge in [0.25, 0.3) is 5.56 Å². The third-order valence-corrected chi connectivity index (χ3v) is 6.56. The van der Waals surface area contributed by atoms with Gasteiger partial charge < -0.3 is 10.6 Å². The van der Waals surface area contributed by atoms with E-state index in [-0.39, 0.29) is 17.1 Å². The smallest absolute Gasteiger partial charge is 0.332 e. The average molecular weight is 476 g/mol. The molecule has 2 N–H and O–H groups in total. The number of carbonyl (C=O) groups is 1. The van der Waals surface area contributed by atoms with Gasteiger partial charge in [0.05, 0.1) is 11.4 Å². The number of nitrogens with zero attached hydrogens (tertiary/aromatic N) is 6. The van der Waals surface area contributed by atoms with E-state index in [0.29, 0.717) is 16.1 Å². The molecule has 1 aliphatic rings. The second-order valence-corrected chi connectivity index (χ2v) is 8.85. The summed E-state index contributed by atoms with van der Waals surface area (Å²) < 4.78 is 3.81. The molecule has 1 aliphatic heterocycles. The fourth-order valence-electron chi connectivity index (χ4n) is 3.64. The number of nitrogens with two attached hydrogens (primary N) is 1. The van der Waals surface area contributed by atoms with E-state index in [0.717, 1.165) is 52.5 Å². The highest BCUT2D eigenvalue weighted by Crippen LogP contribution is 2.30. The van der Waals surface area contributed by atoms with Crippen LogP contribution >= 0.6 is 23.4 Å². The van der Waals surface area contributed by atoms with Crippen LogP contribution in [0.2, 0.25) is 5.02 Å². The summed E-state index contributed by atoms with van der Waals surface area (Å²) in [5.41, 5.74) is 5.17. The summed E-state index contributed by atoms with van der Waals surface area (Å²) in [5, 5.41) is 9.71. The second-order valence-electron chi connectivity index (χ2n) is 7.47. The first-order valence-corrected chi connectivity index (χ1v) is 11.3. The maximum Gasteiger partial charge on any atom is 0.332 e. The molecule has 1 saturated heterocycles. The molecule has 32 heavy (non-hydrogen) atoms. The van der Waals surface area contributed by atoms with Crippen LogP contribution in [-0.4, -0.2) is 48.5 Å². The highest BCUT2D eigenvalue weighted by Gasteiger charge is 2.25. The molecule has 1 fully saturated rings. The van der Waals surface area contributed by atoms with E-state index >= 15 is 0 Å². The van der Waals surface area contributed by atoms with Crippen molar-refractivity contribution in [1.82, 2.24) is 23.9 Å². The number of rotatable bonds is 6. The summed E-state index contributed by atoms with van der Waals surface area (Å²) in [7, 11) is 2.73.